The molecule has 47 heavy (non-hydrogen) atoms. The number of carboxylic acids is 1. The molecular formula is C31H31Cl2FN6O7. The van der Waals surface area contributed by atoms with Crippen LogP contribution in [-0.4, -0.2) is 73.3 Å². The lowest BCUT2D eigenvalue weighted by Gasteiger charge is -2.24. The van der Waals surface area contributed by atoms with Gasteiger partial charge in [-0.3, -0.25) is 15.0 Å². The molecule has 2 atom stereocenters. The number of nitrogens with zero attached hydrogens (tertiary/aromatic N) is 4. The fraction of sp³-hybridized carbons (Fsp3) is 0.258. The number of rotatable bonds is 14. The van der Waals surface area contributed by atoms with Crippen molar-refractivity contribution in [1.29, 1.82) is 0 Å². The summed E-state index contributed by atoms with van der Waals surface area (Å²) < 4.78 is 26.1. The van der Waals surface area contributed by atoms with Gasteiger partial charge in [-0.2, -0.15) is 9.67 Å². The van der Waals surface area contributed by atoms with Crippen molar-refractivity contribution in [3.8, 4) is 22.8 Å². The first-order valence-electron chi connectivity index (χ1n) is 14.1. The number of aliphatic hydroxyl groups excluding tert-OH is 1. The van der Waals surface area contributed by atoms with Crippen LogP contribution in [0.5, 0.6) is 6.01 Å². The van der Waals surface area contributed by atoms with E-state index < -0.39 is 55.0 Å². The monoisotopic (exact) mass is 688 g/mol. The highest BCUT2D eigenvalue weighted by molar-refractivity contribution is 6.31. The summed E-state index contributed by atoms with van der Waals surface area (Å²) >= 11 is 12.2. The Balaban J connectivity index is 1.56. The van der Waals surface area contributed by atoms with Gasteiger partial charge >= 0.3 is 23.9 Å². The molecule has 0 bridgehead atoms. The van der Waals surface area contributed by atoms with Crippen molar-refractivity contribution >= 4 is 41.0 Å². The van der Waals surface area contributed by atoms with Crippen LogP contribution in [0.25, 0.3) is 16.8 Å². The number of aromatic nitrogens is 3. The fourth-order valence-corrected chi connectivity index (χ4v) is 4.49. The van der Waals surface area contributed by atoms with Gasteiger partial charge < -0.3 is 25.4 Å². The first kappa shape index (κ1) is 35.3. The molecular weight excluding hydrogens is 658 g/mol. The largest absolute Gasteiger partial charge is 0.479 e. The highest BCUT2D eigenvalue weighted by Gasteiger charge is 2.25. The molecule has 0 aliphatic carbocycles. The van der Waals surface area contributed by atoms with E-state index in [0.717, 1.165) is 9.69 Å². The average Bonchev–Trinajstić information content (AvgIpc) is 3.46. The molecule has 0 fully saturated rings. The molecule has 13 nitrogen and oxygen atoms in total. The van der Waals surface area contributed by atoms with E-state index in [2.05, 4.69) is 15.5 Å². The van der Waals surface area contributed by atoms with Gasteiger partial charge in [0, 0.05) is 22.2 Å². The summed E-state index contributed by atoms with van der Waals surface area (Å²) in [5.74, 6) is -4.16. The van der Waals surface area contributed by atoms with E-state index >= 15 is 0 Å². The van der Waals surface area contributed by atoms with Gasteiger partial charge in [-0.05, 0) is 53.4 Å². The van der Waals surface area contributed by atoms with Crippen molar-refractivity contribution in [2.75, 3.05) is 13.3 Å². The molecule has 0 radical (unpaired) electrons. The summed E-state index contributed by atoms with van der Waals surface area (Å²) in [6.45, 7) is 2.33. The molecule has 5 N–H and O–H groups in total. The lowest BCUT2D eigenvalue weighted by molar-refractivity contribution is -0.153. The zero-order valence-electron chi connectivity index (χ0n) is 25.1. The summed E-state index contributed by atoms with van der Waals surface area (Å²) in [5.41, 5.74) is 10.1. The van der Waals surface area contributed by atoms with Crippen LogP contribution >= 0.6 is 23.2 Å². The number of carboxylic acid groups (broad SMARTS) is 1. The number of aliphatic carboxylic acids is 1. The normalized spacial score (nSPS) is 12.5. The lowest BCUT2D eigenvalue weighted by Crippen LogP contribution is -2.47. The molecule has 0 spiro atoms. The predicted molar refractivity (Wildman–Crippen MR) is 169 cm³/mol. The van der Waals surface area contributed by atoms with Crippen molar-refractivity contribution in [2.45, 2.75) is 32.5 Å². The minimum absolute atomic E-state index is 0.0706. The Labute approximate surface area is 278 Å². The van der Waals surface area contributed by atoms with Crippen molar-refractivity contribution in [2.24, 2.45) is 11.7 Å². The number of nitrogens with two attached hydrogens (primary N) is 1. The molecule has 1 heterocycles. The molecule has 3 aromatic carbocycles. The first-order chi connectivity index (χ1) is 22.3. The van der Waals surface area contributed by atoms with Gasteiger partial charge in [0.15, 0.2) is 6.10 Å². The Morgan fingerprint density at radius 1 is 1.06 bits per heavy atom. The van der Waals surface area contributed by atoms with E-state index in [0.29, 0.717) is 26.9 Å². The Kier molecular flexibility index (Phi) is 11.9. The standard InChI is InChI=1S/C31H31Cl2FN6O7/c1-17(2)26(35)30(45)46-16-47-31-36-27(37-40(31)22-5-3-4-20(32)12-22)28(42)38-39(15-25(41)29(43)44)14-18-6-8-19(9-7-18)23-13-21(33)10-11-24(23)34/h3-13,17,25-26,41H,14-16,35H2,1-2H3,(H,38,42)(H,43,44)/t25-,26+/m1/s1. The molecule has 0 unspecified atom stereocenters. The van der Waals surface area contributed by atoms with Gasteiger partial charge in [-0.25, -0.2) is 14.2 Å². The van der Waals surface area contributed by atoms with Crippen molar-refractivity contribution in [3.63, 3.8) is 0 Å². The Hall–Kier alpha value is -4.60. The lowest BCUT2D eigenvalue weighted by atomic mass is 10.0. The van der Waals surface area contributed by atoms with Crippen LogP contribution in [0.2, 0.25) is 10.0 Å². The smallest absolute Gasteiger partial charge is 0.333 e. The number of hydrazine groups is 1. The van der Waals surface area contributed by atoms with Crippen LogP contribution in [0.3, 0.4) is 0 Å². The molecule has 0 aliphatic heterocycles. The number of benzene rings is 3. The van der Waals surface area contributed by atoms with E-state index in [1.165, 1.54) is 24.3 Å². The second-order valence-corrected chi connectivity index (χ2v) is 11.5. The maximum absolute atomic E-state index is 14.4. The third-order valence-electron chi connectivity index (χ3n) is 6.72. The molecule has 16 heteroatoms. The Morgan fingerprint density at radius 2 is 1.77 bits per heavy atom. The van der Waals surface area contributed by atoms with Crippen LogP contribution in [0.1, 0.15) is 30.0 Å². The molecule has 0 aliphatic rings. The number of hydrogen-bond acceptors (Lipinski definition) is 10. The number of halogens is 3. The van der Waals surface area contributed by atoms with E-state index in [-0.39, 0.29) is 24.0 Å². The Bertz CT molecular complexity index is 1740. The zero-order valence-corrected chi connectivity index (χ0v) is 26.7. The van der Waals surface area contributed by atoms with Crippen molar-refractivity contribution in [1.82, 2.24) is 25.2 Å². The molecule has 1 aromatic heterocycles. The SMILES string of the molecule is CC(C)[C@H](N)C(=O)OCOc1nc(C(=O)NN(Cc2ccc(-c3cc(Cl)ccc3F)cc2)C[C@@H](O)C(=O)O)nn1-c1cccc(Cl)c1. The second-order valence-electron chi connectivity index (χ2n) is 10.6. The third kappa shape index (κ3) is 9.47. The minimum atomic E-state index is -1.86. The summed E-state index contributed by atoms with van der Waals surface area (Å²) in [6.07, 6.45) is -1.86. The number of nitrogens with one attached hydrogen (secondary N) is 1. The van der Waals surface area contributed by atoms with Crippen LogP contribution in [0.15, 0.2) is 66.7 Å². The number of hydrogen-bond donors (Lipinski definition) is 4. The molecule has 248 valence electrons. The van der Waals surface area contributed by atoms with Crippen LogP contribution in [0.4, 0.5) is 4.39 Å². The molecule has 4 rings (SSSR count). The van der Waals surface area contributed by atoms with Crippen molar-refractivity contribution in [3.05, 3.63) is 94.0 Å². The van der Waals surface area contributed by atoms with Crippen molar-refractivity contribution < 1.29 is 38.5 Å². The van der Waals surface area contributed by atoms with Crippen LogP contribution in [0, 0.1) is 11.7 Å². The maximum Gasteiger partial charge on any atom is 0.333 e. The van der Waals surface area contributed by atoms with E-state index in [4.69, 9.17) is 38.4 Å². The molecule has 1 amide bonds. The molecule has 0 saturated carbocycles. The van der Waals surface area contributed by atoms with Gasteiger partial charge in [0.2, 0.25) is 12.6 Å². The van der Waals surface area contributed by atoms with Gasteiger partial charge in [0.1, 0.15) is 11.9 Å². The average molecular weight is 690 g/mol. The van der Waals surface area contributed by atoms with E-state index in [1.807, 2.05) is 0 Å². The van der Waals surface area contributed by atoms with E-state index in [9.17, 15) is 29.0 Å². The maximum atomic E-state index is 14.4. The zero-order chi connectivity index (χ0) is 34.2. The number of ether oxygens (including phenoxy) is 2. The van der Waals surface area contributed by atoms with Crippen LogP contribution in [-0.2, 0) is 20.9 Å². The first-order valence-corrected chi connectivity index (χ1v) is 14.9. The molecule has 0 saturated heterocycles. The number of carbonyl (C=O) groups is 3. The number of esters is 1. The summed E-state index contributed by atoms with van der Waals surface area (Å²) in [4.78, 5) is 41.1. The Morgan fingerprint density at radius 3 is 2.43 bits per heavy atom. The van der Waals surface area contributed by atoms with Gasteiger partial charge in [-0.15, -0.1) is 5.10 Å². The van der Waals surface area contributed by atoms with Crippen LogP contribution < -0.4 is 15.9 Å². The summed E-state index contributed by atoms with van der Waals surface area (Å²) in [6, 6.07) is 16.0. The predicted octanol–water partition coefficient (Wildman–Crippen LogP) is 3.84. The topological polar surface area (TPSA) is 182 Å². The molecule has 4 aromatic rings. The highest BCUT2D eigenvalue weighted by atomic mass is 35.5. The number of amides is 1. The van der Waals surface area contributed by atoms with Gasteiger partial charge in [0.25, 0.3) is 0 Å². The second kappa shape index (κ2) is 15.8. The highest BCUT2D eigenvalue weighted by Crippen LogP contribution is 2.26. The number of carbonyl (C=O) groups excluding carboxylic acids is 2. The fourth-order valence-electron chi connectivity index (χ4n) is 4.13. The summed E-state index contributed by atoms with van der Waals surface area (Å²) in [5, 5.41) is 25.5. The third-order valence-corrected chi connectivity index (χ3v) is 7.19. The summed E-state index contributed by atoms with van der Waals surface area (Å²) in [7, 11) is 0. The van der Waals surface area contributed by atoms with E-state index in [1.54, 1.807) is 56.3 Å². The van der Waals surface area contributed by atoms with Gasteiger partial charge in [-0.1, -0.05) is 67.4 Å². The van der Waals surface area contributed by atoms with Gasteiger partial charge in [0.05, 0.1) is 12.2 Å². The number of aliphatic hydroxyl groups is 1. The quantitative estimate of drug-likeness (QED) is 0.0858. The minimum Gasteiger partial charge on any atom is -0.479 e.